The Morgan fingerprint density at radius 2 is 1.52 bits per heavy atom. The summed E-state index contributed by atoms with van der Waals surface area (Å²) in [5.41, 5.74) is -1.80. The van der Waals surface area contributed by atoms with Gasteiger partial charge >= 0.3 is 18.2 Å². The Bertz CT molecular complexity index is 1040. The number of benzene rings is 2. The summed E-state index contributed by atoms with van der Waals surface area (Å²) in [6.45, 7) is 0. The molecular formula is C21H17F3N2O5. The van der Waals surface area contributed by atoms with Gasteiger partial charge in [0.15, 0.2) is 5.78 Å². The molecule has 1 unspecified atom stereocenters. The summed E-state index contributed by atoms with van der Waals surface area (Å²) in [6.07, 6.45) is -4.99. The fraction of sp³-hybridized carbons (Fsp3) is 0.190. The molecule has 1 aliphatic rings. The van der Waals surface area contributed by atoms with Crippen LogP contribution >= 0.6 is 0 Å². The molecule has 10 heteroatoms. The van der Waals surface area contributed by atoms with E-state index < -0.39 is 41.3 Å². The monoisotopic (exact) mass is 434 g/mol. The second-order valence-corrected chi connectivity index (χ2v) is 6.49. The SMILES string of the molecule is COC(=O)c1ccc(C2NC(=O)NC(C(F)(F)F)=C2C(=O)c2ccc(OC)cc2)cc1. The van der Waals surface area contributed by atoms with Crippen LogP contribution < -0.4 is 15.4 Å². The number of Topliss-reactive ketones (excluding diaryl/α,β-unsaturated/α-hetero) is 1. The van der Waals surface area contributed by atoms with Crippen LogP contribution in [0.25, 0.3) is 0 Å². The van der Waals surface area contributed by atoms with Gasteiger partial charge in [0.1, 0.15) is 11.4 Å². The van der Waals surface area contributed by atoms with E-state index in [2.05, 4.69) is 10.1 Å². The molecule has 31 heavy (non-hydrogen) atoms. The van der Waals surface area contributed by atoms with Gasteiger partial charge in [0, 0.05) is 5.56 Å². The van der Waals surface area contributed by atoms with Gasteiger partial charge in [0.25, 0.3) is 0 Å². The number of esters is 1. The van der Waals surface area contributed by atoms with Crippen molar-refractivity contribution in [2.75, 3.05) is 14.2 Å². The summed E-state index contributed by atoms with van der Waals surface area (Å²) in [6, 6.07) is 8.39. The number of ketones is 1. The number of rotatable bonds is 5. The van der Waals surface area contributed by atoms with Gasteiger partial charge in [0.05, 0.1) is 31.4 Å². The number of halogens is 3. The first kappa shape index (κ1) is 21.9. The van der Waals surface area contributed by atoms with Crippen LogP contribution in [-0.2, 0) is 4.74 Å². The van der Waals surface area contributed by atoms with E-state index in [9.17, 15) is 27.6 Å². The minimum Gasteiger partial charge on any atom is -0.497 e. The lowest BCUT2D eigenvalue weighted by atomic mass is 9.88. The highest BCUT2D eigenvalue weighted by Gasteiger charge is 2.45. The second-order valence-electron chi connectivity index (χ2n) is 6.49. The van der Waals surface area contributed by atoms with Gasteiger partial charge in [-0.3, -0.25) is 4.79 Å². The smallest absolute Gasteiger partial charge is 0.431 e. The average molecular weight is 434 g/mol. The van der Waals surface area contributed by atoms with E-state index in [1.807, 2.05) is 0 Å². The summed E-state index contributed by atoms with van der Waals surface area (Å²) in [7, 11) is 2.60. The van der Waals surface area contributed by atoms with Crippen LogP contribution in [0.2, 0.25) is 0 Å². The molecule has 0 radical (unpaired) electrons. The van der Waals surface area contributed by atoms with Crippen molar-refractivity contribution in [2.45, 2.75) is 12.2 Å². The molecule has 0 aromatic heterocycles. The summed E-state index contributed by atoms with van der Waals surface area (Å²) in [5, 5.41) is 4.05. The largest absolute Gasteiger partial charge is 0.497 e. The molecule has 2 aromatic rings. The molecule has 0 saturated heterocycles. The molecule has 7 nitrogen and oxygen atoms in total. The van der Waals surface area contributed by atoms with E-state index in [0.29, 0.717) is 5.75 Å². The normalized spacial score (nSPS) is 16.3. The van der Waals surface area contributed by atoms with E-state index in [1.165, 1.54) is 62.8 Å². The fourth-order valence-corrected chi connectivity index (χ4v) is 3.11. The first-order valence-corrected chi connectivity index (χ1v) is 8.91. The molecule has 0 spiro atoms. The standard InChI is InChI=1S/C21H17F3N2O5/c1-30-14-9-7-12(8-10-14)17(27)15-16(25-20(29)26-18(15)21(22,23)24)11-3-5-13(6-4-11)19(28)31-2/h3-10,16H,1-2H3,(H2,25,26,29). The third-order valence-electron chi connectivity index (χ3n) is 4.62. The van der Waals surface area contributed by atoms with Crippen molar-refractivity contribution in [3.05, 3.63) is 76.5 Å². The van der Waals surface area contributed by atoms with Crippen LogP contribution in [0.3, 0.4) is 0 Å². The quantitative estimate of drug-likeness (QED) is 0.555. The van der Waals surface area contributed by atoms with Crippen molar-refractivity contribution in [1.29, 1.82) is 0 Å². The number of carbonyl (C=O) groups excluding carboxylic acids is 3. The highest BCUT2D eigenvalue weighted by atomic mass is 19.4. The Kier molecular flexibility index (Phi) is 6.00. The molecule has 1 heterocycles. The Labute approximate surface area is 174 Å². The number of methoxy groups -OCH3 is 2. The number of hydrogen-bond donors (Lipinski definition) is 2. The fourth-order valence-electron chi connectivity index (χ4n) is 3.11. The van der Waals surface area contributed by atoms with Crippen LogP contribution in [0.15, 0.2) is 59.8 Å². The summed E-state index contributed by atoms with van der Waals surface area (Å²) < 4.78 is 50.8. The topological polar surface area (TPSA) is 93.7 Å². The number of alkyl halides is 3. The van der Waals surface area contributed by atoms with Crippen molar-refractivity contribution in [3.63, 3.8) is 0 Å². The summed E-state index contributed by atoms with van der Waals surface area (Å²) in [4.78, 5) is 36.7. The number of urea groups is 1. The van der Waals surface area contributed by atoms with Crippen LogP contribution in [0.5, 0.6) is 5.75 Å². The van der Waals surface area contributed by atoms with Gasteiger partial charge in [-0.15, -0.1) is 0 Å². The predicted molar refractivity (Wildman–Crippen MR) is 103 cm³/mol. The second kappa shape index (κ2) is 8.50. The zero-order chi connectivity index (χ0) is 22.8. The molecule has 2 N–H and O–H groups in total. The van der Waals surface area contributed by atoms with E-state index >= 15 is 0 Å². The molecule has 0 aliphatic carbocycles. The molecule has 0 bridgehead atoms. The molecule has 1 aliphatic heterocycles. The van der Waals surface area contributed by atoms with E-state index in [0.717, 1.165) is 0 Å². The van der Waals surface area contributed by atoms with Crippen molar-refractivity contribution in [2.24, 2.45) is 0 Å². The van der Waals surface area contributed by atoms with Crippen LogP contribution in [0.4, 0.5) is 18.0 Å². The Hall–Kier alpha value is -3.82. The summed E-state index contributed by atoms with van der Waals surface area (Å²) >= 11 is 0. The number of nitrogens with one attached hydrogen (secondary N) is 2. The van der Waals surface area contributed by atoms with Crippen LogP contribution in [0.1, 0.15) is 32.3 Å². The van der Waals surface area contributed by atoms with Crippen molar-refractivity contribution in [3.8, 4) is 5.75 Å². The van der Waals surface area contributed by atoms with E-state index in [-0.39, 0.29) is 16.7 Å². The minimum absolute atomic E-state index is 0.0216. The van der Waals surface area contributed by atoms with Crippen LogP contribution in [-0.4, -0.2) is 38.2 Å². The predicted octanol–water partition coefficient (Wildman–Crippen LogP) is 3.54. The Morgan fingerprint density at radius 1 is 0.935 bits per heavy atom. The highest BCUT2D eigenvalue weighted by molar-refractivity contribution is 6.11. The van der Waals surface area contributed by atoms with Crippen molar-refractivity contribution >= 4 is 17.8 Å². The minimum atomic E-state index is -4.99. The number of amides is 2. The zero-order valence-electron chi connectivity index (χ0n) is 16.4. The first-order chi connectivity index (χ1) is 14.7. The summed E-state index contributed by atoms with van der Waals surface area (Å²) in [5.74, 6) is -1.14. The van der Waals surface area contributed by atoms with E-state index in [1.54, 1.807) is 5.32 Å². The Balaban J connectivity index is 2.12. The zero-order valence-corrected chi connectivity index (χ0v) is 16.4. The van der Waals surface area contributed by atoms with Crippen molar-refractivity contribution < 1.29 is 37.0 Å². The van der Waals surface area contributed by atoms with Crippen molar-refractivity contribution in [1.82, 2.24) is 10.6 Å². The van der Waals surface area contributed by atoms with Gasteiger partial charge in [-0.1, -0.05) is 12.1 Å². The first-order valence-electron chi connectivity index (χ1n) is 8.91. The molecule has 2 amide bonds. The number of hydrogen-bond acceptors (Lipinski definition) is 5. The average Bonchev–Trinajstić information content (AvgIpc) is 2.77. The van der Waals surface area contributed by atoms with Crippen LogP contribution in [0, 0.1) is 0 Å². The number of ether oxygens (including phenoxy) is 2. The maximum Gasteiger partial charge on any atom is 0.431 e. The molecule has 0 fully saturated rings. The van der Waals surface area contributed by atoms with Gasteiger partial charge < -0.3 is 20.1 Å². The maximum atomic E-state index is 13.7. The lowest BCUT2D eigenvalue weighted by Gasteiger charge is -2.30. The molecule has 2 aromatic carbocycles. The molecule has 162 valence electrons. The van der Waals surface area contributed by atoms with Gasteiger partial charge in [-0.2, -0.15) is 13.2 Å². The highest BCUT2D eigenvalue weighted by Crippen LogP contribution is 2.36. The third-order valence-corrected chi connectivity index (χ3v) is 4.62. The van der Waals surface area contributed by atoms with Gasteiger partial charge in [-0.25, -0.2) is 9.59 Å². The number of carbonyl (C=O) groups is 3. The maximum absolute atomic E-state index is 13.7. The third kappa shape index (κ3) is 4.52. The lowest BCUT2D eigenvalue weighted by molar-refractivity contribution is -0.0972. The molecular weight excluding hydrogens is 417 g/mol. The lowest BCUT2D eigenvalue weighted by Crippen LogP contribution is -2.49. The molecule has 0 saturated carbocycles. The number of allylic oxidation sites excluding steroid dienone is 1. The Morgan fingerprint density at radius 3 is 2.03 bits per heavy atom. The van der Waals surface area contributed by atoms with Gasteiger partial charge in [0.2, 0.25) is 0 Å². The molecule has 3 rings (SSSR count). The van der Waals surface area contributed by atoms with Gasteiger partial charge in [-0.05, 0) is 42.0 Å². The molecule has 1 atom stereocenters. The van der Waals surface area contributed by atoms with E-state index in [4.69, 9.17) is 4.74 Å².